The van der Waals surface area contributed by atoms with Gasteiger partial charge in [0.1, 0.15) is 5.58 Å². The summed E-state index contributed by atoms with van der Waals surface area (Å²) in [6.07, 6.45) is 2.02. The number of nitrogens with zero attached hydrogens (tertiary/aromatic N) is 4. The number of aromatic nitrogens is 4. The molecule has 0 atom stereocenters. The van der Waals surface area contributed by atoms with E-state index in [4.69, 9.17) is 13.5 Å². The zero-order chi connectivity index (χ0) is 47.5. The SMILES string of the molecule is C[Si](C)(C)c1ccc(-c2[c-]cccc2)nc1.[2H]C([2H])([2H])c1nc2ccccc2c2c1ccc1c3cc[c-]c(-c4nc5ccccc5n4-c4c(C(C)C)cc(-c5ccccc5)cc4C(C)C)c3oc12.[Ir]. The maximum atomic E-state index is 8.33. The number of hydrogen-bond donors (Lipinski definition) is 0. The average molecular weight is 1060 g/mol. The third-order valence-electron chi connectivity index (χ3n) is 12.4. The summed E-state index contributed by atoms with van der Waals surface area (Å²) in [5.41, 5.74) is 12.6. The summed E-state index contributed by atoms with van der Waals surface area (Å²) in [5.74, 6) is 1.18. The van der Waals surface area contributed by atoms with Crippen LogP contribution in [0.5, 0.6) is 0 Å². The Balaban J connectivity index is 0.000000296. The fourth-order valence-corrected chi connectivity index (χ4v) is 10.0. The molecule has 0 spiro atoms. The van der Waals surface area contributed by atoms with Gasteiger partial charge >= 0.3 is 0 Å². The predicted molar refractivity (Wildman–Crippen MR) is 275 cm³/mol. The Morgan fingerprint density at radius 3 is 1.98 bits per heavy atom. The molecule has 0 saturated heterocycles. The van der Waals surface area contributed by atoms with E-state index in [0.29, 0.717) is 22.1 Å². The van der Waals surface area contributed by atoms with Crippen LogP contribution in [0.15, 0.2) is 162 Å². The first kappa shape index (κ1) is 41.0. The third-order valence-corrected chi connectivity index (χ3v) is 14.4. The molecule has 0 amide bonds. The molecule has 11 rings (SSSR count). The van der Waals surface area contributed by atoms with E-state index in [1.807, 2.05) is 85.1 Å². The van der Waals surface area contributed by atoms with Gasteiger partial charge in [0.05, 0.1) is 36.0 Å². The number of furan rings is 1. The van der Waals surface area contributed by atoms with Crippen LogP contribution in [0.1, 0.15) is 60.5 Å². The third kappa shape index (κ3) is 8.10. The summed E-state index contributed by atoms with van der Waals surface area (Å²) >= 11 is 0. The molecule has 5 nitrogen and oxygen atoms in total. The quantitative estimate of drug-likeness (QED) is 0.0907. The van der Waals surface area contributed by atoms with Gasteiger partial charge in [-0.15, -0.1) is 54.1 Å². The number of hydrogen-bond acceptors (Lipinski definition) is 4. The van der Waals surface area contributed by atoms with E-state index < -0.39 is 14.9 Å². The van der Waals surface area contributed by atoms with Gasteiger partial charge in [-0.2, -0.15) is 0 Å². The number of imidazole rings is 1. The fraction of sp³-hybridized carbons (Fsp3) is 0.169. The van der Waals surface area contributed by atoms with E-state index >= 15 is 0 Å². The smallest absolute Gasteiger partial charge is 0.129 e. The van der Waals surface area contributed by atoms with Gasteiger partial charge in [0.2, 0.25) is 0 Å². The normalized spacial score (nSPS) is 12.7. The van der Waals surface area contributed by atoms with Crippen molar-refractivity contribution in [1.82, 2.24) is 19.5 Å². The van der Waals surface area contributed by atoms with Gasteiger partial charge in [0.15, 0.2) is 0 Å². The Morgan fingerprint density at radius 2 is 1.30 bits per heavy atom. The summed E-state index contributed by atoms with van der Waals surface area (Å²) in [4.78, 5) is 14.4. The molecule has 11 aromatic rings. The van der Waals surface area contributed by atoms with Gasteiger partial charge in [-0.1, -0.05) is 143 Å². The molecular formula is C59H52IrN4OSi-2. The minimum atomic E-state index is -2.40. The van der Waals surface area contributed by atoms with Crippen molar-refractivity contribution in [2.45, 2.75) is 66.0 Å². The minimum Gasteiger partial charge on any atom is -0.500 e. The molecule has 4 aromatic heterocycles. The molecule has 66 heavy (non-hydrogen) atoms. The second kappa shape index (κ2) is 18.1. The van der Waals surface area contributed by atoms with Gasteiger partial charge < -0.3 is 14.0 Å². The Kier molecular flexibility index (Phi) is 11.2. The monoisotopic (exact) mass is 1060 g/mol. The molecule has 329 valence electrons. The van der Waals surface area contributed by atoms with Crippen LogP contribution in [0.2, 0.25) is 19.6 Å². The molecule has 7 aromatic carbocycles. The molecule has 4 heterocycles. The Bertz CT molecular complexity index is 3620. The maximum absolute atomic E-state index is 8.33. The summed E-state index contributed by atoms with van der Waals surface area (Å²) in [6.45, 7) is 13.6. The molecule has 0 N–H and O–H groups in total. The minimum absolute atomic E-state index is 0. The van der Waals surface area contributed by atoms with Gasteiger partial charge in [0, 0.05) is 63.3 Å². The predicted octanol–water partition coefficient (Wildman–Crippen LogP) is 15.4. The number of benzene rings is 7. The summed E-state index contributed by atoms with van der Waals surface area (Å²) in [5, 5.41) is 5.34. The van der Waals surface area contributed by atoms with Crippen molar-refractivity contribution in [3.8, 4) is 39.5 Å². The molecule has 0 aliphatic rings. The number of para-hydroxylation sites is 3. The zero-order valence-corrected chi connectivity index (χ0v) is 41.6. The first-order chi connectivity index (χ1) is 32.7. The molecule has 0 unspecified atom stereocenters. The van der Waals surface area contributed by atoms with Crippen molar-refractivity contribution in [3.05, 3.63) is 187 Å². The summed E-state index contributed by atoms with van der Waals surface area (Å²) in [7, 11) is -1.23. The Hall–Kier alpha value is -6.50. The van der Waals surface area contributed by atoms with Crippen LogP contribution in [0.4, 0.5) is 0 Å². The van der Waals surface area contributed by atoms with Crippen LogP contribution in [0, 0.1) is 19.0 Å². The van der Waals surface area contributed by atoms with Gasteiger partial charge in [-0.3, -0.25) is 9.97 Å². The topological polar surface area (TPSA) is 56.7 Å². The van der Waals surface area contributed by atoms with Crippen molar-refractivity contribution in [1.29, 1.82) is 0 Å². The van der Waals surface area contributed by atoms with E-state index in [9.17, 15) is 0 Å². The van der Waals surface area contributed by atoms with E-state index in [-0.39, 0.29) is 37.6 Å². The van der Waals surface area contributed by atoms with Crippen molar-refractivity contribution < 1.29 is 28.6 Å². The first-order valence-electron chi connectivity index (χ1n) is 23.9. The van der Waals surface area contributed by atoms with Crippen molar-refractivity contribution in [2.24, 2.45) is 0 Å². The molecule has 7 heteroatoms. The van der Waals surface area contributed by atoms with Gasteiger partial charge in [-0.25, -0.2) is 0 Å². The van der Waals surface area contributed by atoms with Crippen molar-refractivity contribution in [2.75, 3.05) is 0 Å². The standard InChI is InChI=1S/C45H36N3O.C14H16NSi.Ir/c1-26(2)36-24-30(29-14-7-6-8-15-29)25-37(27(3)4)42(36)48-40-21-12-11-20-39(40)47-45(48)35-18-13-17-32-33-23-22-31-28(5)46-38-19-10-9-16-34(38)41(31)44(33)49-43(32)35;1-16(2,3)13-9-10-14(15-11-13)12-7-5-4-6-8-12;/h6-17,19-27H,1-5H3;4-7,9-11H,1-3H3;/q2*-1;/i5D3;;. The Labute approximate surface area is 406 Å². The van der Waals surface area contributed by atoms with E-state index in [1.54, 1.807) is 0 Å². The van der Waals surface area contributed by atoms with Crippen LogP contribution in [-0.2, 0) is 20.1 Å². The van der Waals surface area contributed by atoms with Gasteiger partial charge in [0.25, 0.3) is 0 Å². The van der Waals surface area contributed by atoms with Crippen LogP contribution < -0.4 is 5.19 Å². The van der Waals surface area contributed by atoms with Crippen molar-refractivity contribution in [3.63, 3.8) is 0 Å². The fourth-order valence-electron chi connectivity index (χ4n) is 8.98. The molecule has 0 fully saturated rings. The Morgan fingerprint density at radius 1 is 0.621 bits per heavy atom. The number of aryl methyl sites for hydroxylation is 1. The maximum Gasteiger partial charge on any atom is 0.129 e. The molecule has 0 aliphatic heterocycles. The molecule has 0 saturated carbocycles. The van der Waals surface area contributed by atoms with E-state index in [0.717, 1.165) is 60.9 Å². The van der Waals surface area contributed by atoms with Crippen LogP contribution in [0.25, 0.3) is 94.1 Å². The van der Waals surface area contributed by atoms with Crippen LogP contribution in [-0.4, -0.2) is 27.6 Å². The number of pyridine rings is 2. The first-order valence-corrected chi connectivity index (χ1v) is 25.9. The second-order valence-corrected chi connectivity index (χ2v) is 23.5. The van der Waals surface area contributed by atoms with Crippen molar-refractivity contribution >= 4 is 67.9 Å². The second-order valence-electron chi connectivity index (χ2n) is 18.4. The number of fused-ring (bicyclic) bond motifs is 8. The summed E-state index contributed by atoms with van der Waals surface area (Å²) in [6, 6.07) is 57.9. The van der Waals surface area contributed by atoms with E-state index in [2.05, 4.69) is 147 Å². The molecule has 1 radical (unpaired) electrons. The zero-order valence-electron chi connectivity index (χ0n) is 41.2. The summed E-state index contributed by atoms with van der Waals surface area (Å²) < 4.78 is 34.2. The largest absolute Gasteiger partial charge is 0.500 e. The van der Waals surface area contributed by atoms with Crippen LogP contribution >= 0.6 is 0 Å². The molecule has 0 bridgehead atoms. The van der Waals surface area contributed by atoms with Gasteiger partial charge in [-0.05, 0) is 82.2 Å². The average Bonchev–Trinajstić information content (AvgIpc) is 3.92. The molecular weight excluding hydrogens is 1000 g/mol. The molecule has 0 aliphatic carbocycles. The number of rotatable bonds is 7. The van der Waals surface area contributed by atoms with Crippen LogP contribution in [0.3, 0.4) is 0 Å². The van der Waals surface area contributed by atoms with E-state index in [1.165, 1.54) is 27.4 Å².